The molecule has 1 unspecified atom stereocenters. The van der Waals surface area contributed by atoms with Crippen LogP contribution < -0.4 is 14.2 Å². The molecule has 1 saturated carbocycles. The number of fused-ring (bicyclic) bond motifs is 2. The fraction of sp³-hybridized carbons (Fsp3) is 0.393. The number of benzene rings is 2. The van der Waals surface area contributed by atoms with Gasteiger partial charge in [0.2, 0.25) is 6.79 Å². The maximum absolute atomic E-state index is 13.8. The topological polar surface area (TPSA) is 83.4 Å². The molecule has 0 saturated heterocycles. The van der Waals surface area contributed by atoms with Crippen molar-refractivity contribution in [3.63, 3.8) is 0 Å². The second-order valence-electron chi connectivity index (χ2n) is 9.12. The SMILES string of the molecule is CCCOc1ccccc1[C@@H]1C(C(=O)OC)=C(C)N=C2C[C@@H](c3ccc4c(c3)OCO4)CC(=O)C21. The average molecular weight is 476 g/mol. The number of para-hydroxylation sites is 1. The minimum absolute atomic E-state index is 0.0216. The van der Waals surface area contributed by atoms with Gasteiger partial charge in [-0.1, -0.05) is 31.2 Å². The number of Topliss-reactive ketones (excluding diaryl/α,β-unsaturated/α-hetero) is 1. The lowest BCUT2D eigenvalue weighted by Crippen LogP contribution is -2.41. The predicted octanol–water partition coefficient (Wildman–Crippen LogP) is 4.95. The number of aliphatic imine (C=N–C) groups is 1. The number of methoxy groups -OCH3 is 1. The van der Waals surface area contributed by atoms with Crippen LogP contribution in [0.15, 0.2) is 58.7 Å². The number of rotatable bonds is 6. The fourth-order valence-corrected chi connectivity index (χ4v) is 5.37. The normalized spacial score (nSPS) is 23.0. The van der Waals surface area contributed by atoms with Crippen LogP contribution in [0.25, 0.3) is 0 Å². The van der Waals surface area contributed by atoms with Crippen LogP contribution in [0.4, 0.5) is 0 Å². The van der Waals surface area contributed by atoms with E-state index in [1.54, 1.807) is 0 Å². The van der Waals surface area contributed by atoms with Crippen molar-refractivity contribution in [2.75, 3.05) is 20.5 Å². The van der Waals surface area contributed by atoms with E-state index in [1.165, 1.54) is 7.11 Å². The van der Waals surface area contributed by atoms with Gasteiger partial charge in [-0.15, -0.1) is 0 Å². The molecule has 5 rings (SSSR count). The summed E-state index contributed by atoms with van der Waals surface area (Å²) < 4.78 is 22.1. The summed E-state index contributed by atoms with van der Waals surface area (Å²) in [6, 6.07) is 13.5. The molecule has 3 atom stereocenters. The molecule has 0 radical (unpaired) electrons. The number of ketones is 1. The zero-order valence-corrected chi connectivity index (χ0v) is 20.2. The molecule has 7 nitrogen and oxygen atoms in total. The first-order valence-electron chi connectivity index (χ1n) is 12.0. The monoisotopic (exact) mass is 475 g/mol. The van der Waals surface area contributed by atoms with E-state index < -0.39 is 17.8 Å². The Morgan fingerprint density at radius 2 is 1.89 bits per heavy atom. The molecule has 2 heterocycles. The van der Waals surface area contributed by atoms with Crippen molar-refractivity contribution in [2.45, 2.75) is 44.9 Å². The maximum atomic E-state index is 13.8. The Kier molecular flexibility index (Phi) is 6.32. The molecule has 7 heteroatoms. The third kappa shape index (κ3) is 4.20. The van der Waals surface area contributed by atoms with Crippen molar-refractivity contribution in [3.8, 4) is 17.2 Å². The molecular formula is C28H29NO6. The number of allylic oxidation sites excluding steroid dienone is 1. The second-order valence-corrected chi connectivity index (χ2v) is 9.12. The minimum atomic E-state index is -0.538. The third-order valence-corrected chi connectivity index (χ3v) is 6.94. The van der Waals surface area contributed by atoms with Crippen molar-refractivity contribution >= 4 is 17.5 Å². The average Bonchev–Trinajstić information content (AvgIpc) is 3.34. The van der Waals surface area contributed by atoms with Crippen LogP contribution in [-0.4, -0.2) is 38.0 Å². The third-order valence-electron chi connectivity index (χ3n) is 6.94. The van der Waals surface area contributed by atoms with Crippen LogP contribution >= 0.6 is 0 Å². The van der Waals surface area contributed by atoms with Crippen LogP contribution in [0.1, 0.15) is 56.1 Å². The number of nitrogens with zero attached hydrogens (tertiary/aromatic N) is 1. The van der Waals surface area contributed by atoms with Gasteiger partial charge in [-0.2, -0.15) is 0 Å². The standard InChI is InChI=1S/C28H29NO6/c1-4-11-33-22-8-6-5-7-19(22)26-25(28(31)32-3)16(2)29-20-12-18(13-21(30)27(20)26)17-9-10-23-24(14-17)35-15-34-23/h5-10,14,18,26-27H,4,11-13,15H2,1-3H3/t18-,26-,27?/m1/s1. The summed E-state index contributed by atoms with van der Waals surface area (Å²) in [5.74, 6) is 0.624. The van der Waals surface area contributed by atoms with E-state index in [0.717, 1.165) is 23.3 Å². The molecule has 0 spiro atoms. The van der Waals surface area contributed by atoms with Gasteiger partial charge in [0.15, 0.2) is 11.5 Å². The largest absolute Gasteiger partial charge is 0.493 e. The summed E-state index contributed by atoms with van der Waals surface area (Å²) in [6.45, 7) is 4.61. The van der Waals surface area contributed by atoms with Crippen LogP contribution in [0, 0.1) is 5.92 Å². The van der Waals surface area contributed by atoms with Crippen molar-refractivity contribution in [2.24, 2.45) is 10.9 Å². The Bertz CT molecular complexity index is 1230. The zero-order chi connectivity index (χ0) is 24.5. The highest BCUT2D eigenvalue weighted by molar-refractivity contribution is 6.12. The number of esters is 1. The highest BCUT2D eigenvalue weighted by Gasteiger charge is 2.47. The van der Waals surface area contributed by atoms with E-state index in [0.29, 0.717) is 48.0 Å². The Labute approximate surface area is 204 Å². The first-order valence-corrected chi connectivity index (χ1v) is 12.0. The highest BCUT2D eigenvalue weighted by atomic mass is 16.7. The van der Waals surface area contributed by atoms with Gasteiger partial charge in [0.05, 0.1) is 25.2 Å². The summed E-state index contributed by atoms with van der Waals surface area (Å²) in [5, 5.41) is 0. The molecular weight excluding hydrogens is 446 g/mol. The van der Waals surface area contributed by atoms with Gasteiger partial charge in [-0.05, 0) is 49.4 Å². The van der Waals surface area contributed by atoms with Gasteiger partial charge < -0.3 is 18.9 Å². The van der Waals surface area contributed by atoms with E-state index in [4.69, 9.17) is 23.9 Å². The van der Waals surface area contributed by atoms with E-state index in [-0.39, 0.29) is 18.5 Å². The van der Waals surface area contributed by atoms with E-state index in [2.05, 4.69) is 0 Å². The van der Waals surface area contributed by atoms with Crippen molar-refractivity contribution < 1.29 is 28.5 Å². The molecule has 1 fully saturated rings. The van der Waals surface area contributed by atoms with Gasteiger partial charge in [0.1, 0.15) is 11.5 Å². The van der Waals surface area contributed by atoms with Crippen LogP contribution in [0.5, 0.6) is 17.2 Å². The fourth-order valence-electron chi connectivity index (χ4n) is 5.37. The van der Waals surface area contributed by atoms with Gasteiger partial charge in [-0.25, -0.2) is 4.79 Å². The molecule has 182 valence electrons. The van der Waals surface area contributed by atoms with Gasteiger partial charge >= 0.3 is 5.97 Å². The van der Waals surface area contributed by atoms with Gasteiger partial charge in [0, 0.05) is 29.3 Å². The molecule has 35 heavy (non-hydrogen) atoms. The van der Waals surface area contributed by atoms with Crippen LogP contribution in [-0.2, 0) is 14.3 Å². The summed E-state index contributed by atoms with van der Waals surface area (Å²) in [5.41, 5.74) is 3.63. The lowest BCUT2D eigenvalue weighted by molar-refractivity contribution is -0.136. The first kappa shape index (κ1) is 23.1. The van der Waals surface area contributed by atoms with E-state index in [9.17, 15) is 9.59 Å². The molecule has 2 aromatic rings. The summed E-state index contributed by atoms with van der Waals surface area (Å²) in [4.78, 5) is 31.5. The quantitative estimate of drug-likeness (QED) is 0.550. The van der Waals surface area contributed by atoms with Crippen LogP contribution in [0.2, 0.25) is 0 Å². The Morgan fingerprint density at radius 3 is 2.69 bits per heavy atom. The Hall–Kier alpha value is -3.61. The lowest BCUT2D eigenvalue weighted by Gasteiger charge is -2.38. The van der Waals surface area contributed by atoms with Gasteiger partial charge in [0.25, 0.3) is 0 Å². The van der Waals surface area contributed by atoms with Crippen molar-refractivity contribution in [1.29, 1.82) is 0 Å². The smallest absolute Gasteiger partial charge is 0.336 e. The lowest BCUT2D eigenvalue weighted by atomic mass is 9.66. The zero-order valence-electron chi connectivity index (χ0n) is 20.2. The Balaban J connectivity index is 1.56. The number of hydrogen-bond donors (Lipinski definition) is 0. The van der Waals surface area contributed by atoms with E-state index in [1.807, 2.05) is 56.3 Å². The molecule has 0 amide bonds. The number of carbonyl (C=O) groups excluding carboxylic acids is 2. The molecule has 0 bridgehead atoms. The molecule has 3 aliphatic rings. The van der Waals surface area contributed by atoms with Crippen molar-refractivity contribution in [1.82, 2.24) is 0 Å². The Morgan fingerprint density at radius 1 is 1.09 bits per heavy atom. The van der Waals surface area contributed by atoms with Crippen LogP contribution in [0.3, 0.4) is 0 Å². The highest BCUT2D eigenvalue weighted by Crippen LogP contribution is 2.48. The second kappa shape index (κ2) is 9.56. The predicted molar refractivity (Wildman–Crippen MR) is 130 cm³/mol. The molecule has 2 aromatic carbocycles. The molecule has 2 aliphatic heterocycles. The summed E-state index contributed by atoms with van der Waals surface area (Å²) >= 11 is 0. The number of hydrogen-bond acceptors (Lipinski definition) is 7. The summed E-state index contributed by atoms with van der Waals surface area (Å²) in [6.07, 6.45) is 1.83. The van der Waals surface area contributed by atoms with Gasteiger partial charge in [-0.3, -0.25) is 9.79 Å². The number of carbonyl (C=O) groups is 2. The molecule has 0 N–H and O–H groups in total. The van der Waals surface area contributed by atoms with Crippen molar-refractivity contribution in [3.05, 3.63) is 64.9 Å². The molecule has 0 aromatic heterocycles. The summed E-state index contributed by atoms with van der Waals surface area (Å²) in [7, 11) is 1.36. The maximum Gasteiger partial charge on any atom is 0.336 e. The first-order chi connectivity index (χ1) is 17.0. The minimum Gasteiger partial charge on any atom is -0.493 e. The molecule has 1 aliphatic carbocycles. The van der Waals surface area contributed by atoms with E-state index >= 15 is 0 Å². The number of ether oxygens (including phenoxy) is 4.